The molecule has 1 aliphatic rings. The van der Waals surface area contributed by atoms with Gasteiger partial charge in [-0.05, 0) is 44.0 Å². The number of likely N-dealkylation sites (tertiary alicyclic amines) is 1. The highest BCUT2D eigenvalue weighted by atomic mass is 15.2. The third kappa shape index (κ3) is 6.02. The molecule has 0 amide bonds. The zero-order chi connectivity index (χ0) is 15.6. The molecule has 1 aliphatic heterocycles. The number of aliphatic imine (C=N–C) groups is 1. The van der Waals surface area contributed by atoms with E-state index in [0.717, 1.165) is 31.2 Å². The molecule has 5 nitrogen and oxygen atoms in total. The second kappa shape index (κ2) is 9.41. The third-order valence-corrected chi connectivity index (χ3v) is 4.01. The third-order valence-electron chi connectivity index (χ3n) is 4.01. The van der Waals surface area contributed by atoms with Crippen LogP contribution in [0.15, 0.2) is 29.4 Å². The summed E-state index contributed by atoms with van der Waals surface area (Å²) in [5.74, 6) is 1.51. The van der Waals surface area contributed by atoms with Gasteiger partial charge < -0.3 is 15.5 Å². The molecule has 5 heteroatoms. The first-order chi connectivity index (χ1) is 10.8. The quantitative estimate of drug-likeness (QED) is 0.592. The van der Waals surface area contributed by atoms with Crippen LogP contribution in [0.1, 0.15) is 25.5 Å². The molecule has 0 bridgehead atoms. The summed E-state index contributed by atoms with van der Waals surface area (Å²) in [5.41, 5.74) is 1.10. The number of nitrogens with zero attached hydrogens (tertiary/aromatic N) is 3. The molecule has 0 spiro atoms. The summed E-state index contributed by atoms with van der Waals surface area (Å²) in [6.07, 6.45) is 5.46. The van der Waals surface area contributed by atoms with E-state index in [1.54, 1.807) is 0 Å². The predicted molar refractivity (Wildman–Crippen MR) is 92.1 cm³/mol. The molecule has 1 saturated heterocycles. The van der Waals surface area contributed by atoms with E-state index in [1.807, 2.05) is 25.4 Å². The van der Waals surface area contributed by atoms with Gasteiger partial charge in [-0.25, -0.2) is 0 Å². The molecule has 122 valence electrons. The second-order valence-corrected chi connectivity index (χ2v) is 6.06. The Morgan fingerprint density at radius 2 is 2.14 bits per heavy atom. The average Bonchev–Trinajstić information content (AvgIpc) is 3.04. The van der Waals surface area contributed by atoms with Crippen LogP contribution in [-0.2, 0) is 6.42 Å². The van der Waals surface area contributed by atoms with E-state index < -0.39 is 0 Å². The van der Waals surface area contributed by atoms with Crippen LogP contribution in [0.25, 0.3) is 0 Å². The molecule has 2 heterocycles. The molecular formula is C17H29N5. The van der Waals surface area contributed by atoms with Crippen molar-refractivity contribution in [1.82, 2.24) is 20.5 Å². The fraction of sp³-hybridized carbons (Fsp3) is 0.647. The molecule has 0 saturated carbocycles. The van der Waals surface area contributed by atoms with Crippen molar-refractivity contribution in [3.05, 3.63) is 30.1 Å². The largest absolute Gasteiger partial charge is 0.356 e. The molecule has 1 aromatic rings. The lowest BCUT2D eigenvalue weighted by Gasteiger charge is -2.21. The summed E-state index contributed by atoms with van der Waals surface area (Å²) >= 11 is 0. The molecule has 0 aliphatic carbocycles. The van der Waals surface area contributed by atoms with Crippen LogP contribution in [0, 0.1) is 5.92 Å². The molecule has 2 rings (SSSR count). The van der Waals surface area contributed by atoms with E-state index in [4.69, 9.17) is 0 Å². The van der Waals surface area contributed by atoms with Crippen molar-refractivity contribution in [3.63, 3.8) is 0 Å². The zero-order valence-corrected chi connectivity index (χ0v) is 13.9. The molecule has 1 unspecified atom stereocenters. The number of pyridine rings is 1. The highest BCUT2D eigenvalue weighted by Gasteiger charge is 2.14. The van der Waals surface area contributed by atoms with Crippen LogP contribution in [-0.4, -0.2) is 55.6 Å². The Hall–Kier alpha value is -1.62. The van der Waals surface area contributed by atoms with Crippen molar-refractivity contribution in [2.75, 3.05) is 39.8 Å². The Kier molecular flexibility index (Phi) is 7.16. The Balaban J connectivity index is 1.62. The normalized spacial score (nSPS) is 17.5. The van der Waals surface area contributed by atoms with E-state index in [9.17, 15) is 0 Å². The van der Waals surface area contributed by atoms with Gasteiger partial charge in [0.2, 0.25) is 0 Å². The van der Waals surface area contributed by atoms with Gasteiger partial charge >= 0.3 is 0 Å². The van der Waals surface area contributed by atoms with Crippen molar-refractivity contribution in [3.8, 4) is 0 Å². The second-order valence-electron chi connectivity index (χ2n) is 6.06. The minimum atomic E-state index is 0.632. The molecule has 0 radical (unpaired) electrons. The summed E-state index contributed by atoms with van der Waals surface area (Å²) in [6, 6.07) is 6.02. The molecular weight excluding hydrogens is 274 g/mol. The number of nitrogens with one attached hydrogen (secondary N) is 2. The summed E-state index contributed by atoms with van der Waals surface area (Å²) in [5, 5.41) is 6.77. The SMILES string of the molecule is CN=C(NCCc1ccccn1)NCC(C)CN1CCCC1. The molecule has 22 heavy (non-hydrogen) atoms. The number of aromatic nitrogens is 1. The van der Waals surface area contributed by atoms with Gasteiger partial charge in [0.1, 0.15) is 0 Å². The maximum absolute atomic E-state index is 4.33. The lowest BCUT2D eigenvalue weighted by atomic mass is 10.1. The molecule has 1 fully saturated rings. The molecule has 1 atom stereocenters. The topological polar surface area (TPSA) is 52.6 Å². The fourth-order valence-electron chi connectivity index (χ4n) is 2.82. The van der Waals surface area contributed by atoms with E-state index in [2.05, 4.69) is 38.5 Å². The summed E-state index contributed by atoms with van der Waals surface area (Å²) in [4.78, 5) is 11.2. The highest BCUT2D eigenvalue weighted by molar-refractivity contribution is 5.79. The lowest BCUT2D eigenvalue weighted by Crippen LogP contribution is -2.42. The molecule has 2 N–H and O–H groups in total. The van der Waals surface area contributed by atoms with Crippen LogP contribution in [0.5, 0.6) is 0 Å². The van der Waals surface area contributed by atoms with Crippen LogP contribution < -0.4 is 10.6 Å². The summed E-state index contributed by atoms with van der Waals surface area (Å²) in [7, 11) is 1.82. The average molecular weight is 303 g/mol. The van der Waals surface area contributed by atoms with Gasteiger partial charge in [0.05, 0.1) is 0 Å². The van der Waals surface area contributed by atoms with Crippen molar-refractivity contribution < 1.29 is 0 Å². The maximum atomic E-state index is 4.33. The first kappa shape index (κ1) is 16.7. The Bertz CT molecular complexity index is 440. The number of hydrogen-bond donors (Lipinski definition) is 2. The van der Waals surface area contributed by atoms with Crippen molar-refractivity contribution in [2.24, 2.45) is 10.9 Å². The van der Waals surface area contributed by atoms with E-state index in [-0.39, 0.29) is 0 Å². The van der Waals surface area contributed by atoms with Gasteiger partial charge in [0, 0.05) is 45.0 Å². The molecule has 0 aromatic carbocycles. The minimum absolute atomic E-state index is 0.632. The van der Waals surface area contributed by atoms with Crippen LogP contribution in [0.4, 0.5) is 0 Å². The number of hydrogen-bond acceptors (Lipinski definition) is 3. The van der Waals surface area contributed by atoms with Crippen LogP contribution in [0.2, 0.25) is 0 Å². The summed E-state index contributed by atoms with van der Waals surface area (Å²) in [6.45, 7) is 7.81. The van der Waals surface area contributed by atoms with Crippen LogP contribution in [0.3, 0.4) is 0 Å². The smallest absolute Gasteiger partial charge is 0.190 e. The Labute approximate surface area is 134 Å². The van der Waals surface area contributed by atoms with Crippen LogP contribution >= 0.6 is 0 Å². The highest BCUT2D eigenvalue weighted by Crippen LogP contribution is 2.09. The lowest BCUT2D eigenvalue weighted by molar-refractivity contribution is 0.287. The standard InChI is InChI=1S/C17H29N5/c1-15(14-22-11-5-6-12-22)13-21-17(18-2)20-10-8-16-7-3-4-9-19-16/h3-4,7,9,15H,5-6,8,10-14H2,1-2H3,(H2,18,20,21). The van der Waals surface area contributed by atoms with Gasteiger partial charge in [0.15, 0.2) is 5.96 Å². The first-order valence-electron chi connectivity index (χ1n) is 8.34. The van der Waals surface area contributed by atoms with Crippen molar-refractivity contribution in [1.29, 1.82) is 0 Å². The fourth-order valence-corrected chi connectivity index (χ4v) is 2.82. The van der Waals surface area contributed by atoms with E-state index >= 15 is 0 Å². The van der Waals surface area contributed by atoms with Crippen molar-refractivity contribution in [2.45, 2.75) is 26.2 Å². The summed E-state index contributed by atoms with van der Waals surface area (Å²) < 4.78 is 0. The predicted octanol–water partition coefficient (Wildman–Crippen LogP) is 1.52. The maximum Gasteiger partial charge on any atom is 0.190 e. The Morgan fingerprint density at radius 1 is 1.32 bits per heavy atom. The van der Waals surface area contributed by atoms with E-state index in [0.29, 0.717) is 5.92 Å². The van der Waals surface area contributed by atoms with Gasteiger partial charge in [-0.1, -0.05) is 13.0 Å². The zero-order valence-electron chi connectivity index (χ0n) is 13.9. The molecule has 1 aromatic heterocycles. The van der Waals surface area contributed by atoms with Gasteiger partial charge in [-0.2, -0.15) is 0 Å². The van der Waals surface area contributed by atoms with Gasteiger partial charge in [0.25, 0.3) is 0 Å². The minimum Gasteiger partial charge on any atom is -0.356 e. The number of rotatable bonds is 7. The number of guanidine groups is 1. The monoisotopic (exact) mass is 303 g/mol. The van der Waals surface area contributed by atoms with Gasteiger partial charge in [-0.3, -0.25) is 9.98 Å². The van der Waals surface area contributed by atoms with E-state index in [1.165, 1.54) is 32.5 Å². The first-order valence-corrected chi connectivity index (χ1v) is 8.34. The van der Waals surface area contributed by atoms with Gasteiger partial charge in [-0.15, -0.1) is 0 Å². The Morgan fingerprint density at radius 3 is 2.82 bits per heavy atom. The van der Waals surface area contributed by atoms with Crippen molar-refractivity contribution >= 4 is 5.96 Å².